The van der Waals surface area contributed by atoms with E-state index in [1.165, 1.54) is 30.3 Å². The summed E-state index contributed by atoms with van der Waals surface area (Å²) < 4.78 is 13.1. The lowest BCUT2D eigenvalue weighted by Crippen LogP contribution is -2.42. The molecule has 3 N–H and O–H groups in total. The van der Waals surface area contributed by atoms with Gasteiger partial charge in [-0.15, -0.1) is 0 Å². The molecular weight excluding hydrogens is 387 g/mol. The van der Waals surface area contributed by atoms with Gasteiger partial charge in [-0.25, -0.2) is 9.18 Å². The van der Waals surface area contributed by atoms with Gasteiger partial charge in [-0.1, -0.05) is 36.4 Å². The highest BCUT2D eigenvalue weighted by atomic mass is 19.1. The summed E-state index contributed by atoms with van der Waals surface area (Å²) >= 11 is 0. The fraction of sp³-hybridized carbons (Fsp3) is 0.0870. The predicted molar refractivity (Wildman–Crippen MR) is 111 cm³/mol. The van der Waals surface area contributed by atoms with Gasteiger partial charge in [0.2, 0.25) is 0 Å². The van der Waals surface area contributed by atoms with E-state index in [0.29, 0.717) is 16.5 Å². The number of hydrogen-bond donors (Lipinski definition) is 3. The van der Waals surface area contributed by atoms with Crippen molar-refractivity contribution in [3.8, 4) is 0 Å². The van der Waals surface area contributed by atoms with Crippen molar-refractivity contribution in [1.29, 1.82) is 0 Å². The Balaban J connectivity index is 1.63. The van der Waals surface area contributed by atoms with Crippen LogP contribution in [0.15, 0.2) is 71.5 Å². The molecule has 7 heteroatoms. The molecule has 0 aliphatic rings. The van der Waals surface area contributed by atoms with Crippen LogP contribution in [0.3, 0.4) is 0 Å². The number of carbonyl (C=O) groups is 2. The Kier molecular flexibility index (Phi) is 5.02. The van der Waals surface area contributed by atoms with Crippen molar-refractivity contribution in [1.82, 2.24) is 10.3 Å². The predicted octanol–water partition coefficient (Wildman–Crippen LogP) is 3.25. The zero-order chi connectivity index (χ0) is 21.3. The molecule has 0 aliphatic heterocycles. The molecule has 0 saturated carbocycles. The Morgan fingerprint density at radius 2 is 1.67 bits per heavy atom. The van der Waals surface area contributed by atoms with Crippen LogP contribution in [0.1, 0.15) is 15.9 Å². The number of H-pyrrole nitrogens is 1. The number of aliphatic carboxylic acids is 1. The average Bonchev–Trinajstić information content (AvgIpc) is 2.74. The summed E-state index contributed by atoms with van der Waals surface area (Å²) in [4.78, 5) is 39.3. The summed E-state index contributed by atoms with van der Waals surface area (Å²) in [5, 5.41) is 14.1. The van der Waals surface area contributed by atoms with Gasteiger partial charge in [0.15, 0.2) is 0 Å². The lowest BCUT2D eigenvalue weighted by molar-refractivity contribution is -0.139. The number of carboxylic acid groups (broad SMARTS) is 1. The number of amides is 1. The monoisotopic (exact) mass is 404 g/mol. The smallest absolute Gasteiger partial charge is 0.326 e. The normalized spacial score (nSPS) is 12.0. The van der Waals surface area contributed by atoms with Gasteiger partial charge in [0.25, 0.3) is 11.5 Å². The van der Waals surface area contributed by atoms with Crippen LogP contribution in [-0.4, -0.2) is 28.0 Å². The third kappa shape index (κ3) is 3.77. The van der Waals surface area contributed by atoms with Gasteiger partial charge in [0.05, 0.1) is 0 Å². The minimum absolute atomic E-state index is 0.0103. The van der Waals surface area contributed by atoms with Crippen molar-refractivity contribution in [3.05, 3.63) is 94.0 Å². The van der Waals surface area contributed by atoms with Crippen LogP contribution in [0.2, 0.25) is 0 Å². The highest BCUT2D eigenvalue weighted by molar-refractivity contribution is 6.07. The molecular formula is C23H17FN2O4. The summed E-state index contributed by atoms with van der Waals surface area (Å²) in [5.41, 5.74) is 1.02. The van der Waals surface area contributed by atoms with Gasteiger partial charge < -0.3 is 15.4 Å². The highest BCUT2D eigenvalue weighted by Crippen LogP contribution is 2.22. The maximum absolute atomic E-state index is 13.1. The molecule has 1 unspecified atom stereocenters. The molecule has 0 radical (unpaired) electrons. The molecule has 1 heterocycles. The minimum Gasteiger partial charge on any atom is -0.480 e. The van der Waals surface area contributed by atoms with Crippen molar-refractivity contribution >= 4 is 33.6 Å². The Bertz CT molecular complexity index is 1330. The topological polar surface area (TPSA) is 99.3 Å². The molecule has 4 aromatic rings. The average molecular weight is 404 g/mol. The van der Waals surface area contributed by atoms with Crippen LogP contribution in [0, 0.1) is 5.82 Å². The molecule has 3 aromatic carbocycles. The summed E-state index contributed by atoms with van der Waals surface area (Å²) in [6.45, 7) is 0. The number of rotatable bonds is 5. The van der Waals surface area contributed by atoms with Gasteiger partial charge in [-0.3, -0.25) is 9.59 Å². The van der Waals surface area contributed by atoms with E-state index in [4.69, 9.17) is 0 Å². The van der Waals surface area contributed by atoms with Crippen molar-refractivity contribution in [2.75, 3.05) is 0 Å². The molecule has 6 nitrogen and oxygen atoms in total. The second-order valence-electron chi connectivity index (χ2n) is 6.95. The fourth-order valence-electron chi connectivity index (χ4n) is 3.43. The van der Waals surface area contributed by atoms with E-state index in [2.05, 4.69) is 10.3 Å². The van der Waals surface area contributed by atoms with Crippen LogP contribution in [0.5, 0.6) is 0 Å². The van der Waals surface area contributed by atoms with Crippen LogP contribution < -0.4 is 10.9 Å². The van der Waals surface area contributed by atoms with E-state index in [1.54, 1.807) is 24.3 Å². The summed E-state index contributed by atoms with van der Waals surface area (Å²) in [6, 6.07) is 16.2. The van der Waals surface area contributed by atoms with Crippen LogP contribution in [0.4, 0.5) is 4.39 Å². The van der Waals surface area contributed by atoms with Crippen molar-refractivity contribution in [3.63, 3.8) is 0 Å². The van der Waals surface area contributed by atoms with E-state index in [0.717, 1.165) is 10.8 Å². The van der Waals surface area contributed by atoms with E-state index in [9.17, 15) is 23.9 Å². The minimum atomic E-state index is -1.20. The number of aromatic nitrogens is 1. The Morgan fingerprint density at radius 3 is 2.37 bits per heavy atom. The molecule has 0 aliphatic carbocycles. The largest absolute Gasteiger partial charge is 0.480 e. The number of aromatic amines is 1. The Labute approximate surface area is 170 Å². The first-order valence-corrected chi connectivity index (χ1v) is 9.25. The molecule has 1 atom stereocenters. The third-order valence-corrected chi connectivity index (χ3v) is 4.95. The first-order valence-electron chi connectivity index (χ1n) is 9.25. The number of pyridine rings is 1. The number of nitrogens with one attached hydrogen (secondary N) is 2. The molecule has 1 aromatic heterocycles. The number of hydrogen-bond acceptors (Lipinski definition) is 3. The molecule has 0 spiro atoms. The molecule has 0 saturated heterocycles. The summed E-state index contributed by atoms with van der Waals surface area (Å²) in [6.07, 6.45) is 0.0103. The SMILES string of the molecule is O=C(NC(Cc1ccc(F)cc1)C(=O)O)c1ccc2c(c1)[nH]c(=O)c1ccccc12. The second-order valence-corrected chi connectivity index (χ2v) is 6.95. The maximum Gasteiger partial charge on any atom is 0.326 e. The van der Waals surface area contributed by atoms with E-state index in [1.807, 2.05) is 12.1 Å². The van der Waals surface area contributed by atoms with Crippen molar-refractivity contribution < 1.29 is 19.1 Å². The number of benzene rings is 3. The lowest BCUT2D eigenvalue weighted by atomic mass is 10.0. The van der Waals surface area contributed by atoms with Gasteiger partial charge in [0.1, 0.15) is 11.9 Å². The lowest BCUT2D eigenvalue weighted by Gasteiger charge is -2.15. The zero-order valence-electron chi connectivity index (χ0n) is 15.7. The Hall–Kier alpha value is -4.00. The first kappa shape index (κ1) is 19.3. The zero-order valence-corrected chi connectivity index (χ0v) is 15.7. The fourth-order valence-corrected chi connectivity index (χ4v) is 3.43. The summed E-state index contributed by atoms with van der Waals surface area (Å²) in [7, 11) is 0. The molecule has 4 rings (SSSR count). The van der Waals surface area contributed by atoms with Crippen LogP contribution in [0.25, 0.3) is 21.7 Å². The number of fused-ring (bicyclic) bond motifs is 3. The van der Waals surface area contributed by atoms with Gasteiger partial charge >= 0.3 is 5.97 Å². The van der Waals surface area contributed by atoms with Crippen molar-refractivity contribution in [2.45, 2.75) is 12.5 Å². The second kappa shape index (κ2) is 7.79. The molecule has 0 fully saturated rings. The first-order chi connectivity index (χ1) is 14.4. The quantitative estimate of drug-likeness (QED) is 0.445. The Morgan fingerprint density at radius 1 is 0.967 bits per heavy atom. The van der Waals surface area contributed by atoms with E-state index < -0.39 is 23.7 Å². The standard InChI is InChI=1S/C23H17FN2O4/c24-15-8-5-13(6-9-15)11-20(23(29)30)26-21(27)14-7-10-17-16-3-1-2-4-18(16)22(28)25-19(17)12-14/h1-10,12,20H,11H2,(H,25,28)(H,26,27)(H,29,30). The van der Waals surface area contributed by atoms with Gasteiger partial charge in [0, 0.05) is 28.3 Å². The maximum atomic E-state index is 13.1. The summed E-state index contributed by atoms with van der Waals surface area (Å²) in [5.74, 6) is -2.21. The number of halogens is 1. The molecule has 1 amide bonds. The molecule has 150 valence electrons. The van der Waals surface area contributed by atoms with E-state index >= 15 is 0 Å². The van der Waals surface area contributed by atoms with Crippen LogP contribution >= 0.6 is 0 Å². The van der Waals surface area contributed by atoms with Crippen molar-refractivity contribution in [2.24, 2.45) is 0 Å². The number of carbonyl (C=O) groups excluding carboxylic acids is 1. The molecule has 0 bridgehead atoms. The van der Waals surface area contributed by atoms with Crippen LogP contribution in [-0.2, 0) is 11.2 Å². The van der Waals surface area contributed by atoms with Gasteiger partial charge in [-0.2, -0.15) is 0 Å². The van der Waals surface area contributed by atoms with E-state index in [-0.39, 0.29) is 17.5 Å². The highest BCUT2D eigenvalue weighted by Gasteiger charge is 2.21. The third-order valence-electron chi connectivity index (χ3n) is 4.95. The van der Waals surface area contributed by atoms with Gasteiger partial charge in [-0.05, 0) is 41.3 Å². The molecule has 30 heavy (non-hydrogen) atoms. The number of carboxylic acids is 1.